The lowest BCUT2D eigenvalue weighted by Gasteiger charge is -2.29. The summed E-state index contributed by atoms with van der Waals surface area (Å²) in [5.74, 6) is 0.0964. The molecule has 0 radical (unpaired) electrons. The van der Waals surface area contributed by atoms with Crippen LogP contribution in [-0.4, -0.2) is 54.3 Å². The number of piperazine rings is 1. The number of benzene rings is 2. The normalized spacial score (nSPS) is 14.0. The van der Waals surface area contributed by atoms with Gasteiger partial charge in [-0.25, -0.2) is 0 Å². The molecular formula is C24H31N3O2. The zero-order valence-electron chi connectivity index (χ0n) is 17.7. The van der Waals surface area contributed by atoms with Crippen molar-refractivity contribution in [2.24, 2.45) is 0 Å². The van der Waals surface area contributed by atoms with Crippen LogP contribution in [0.5, 0.6) is 0 Å². The van der Waals surface area contributed by atoms with Crippen LogP contribution in [0.4, 0.5) is 0 Å². The molecule has 0 bridgehead atoms. The maximum atomic E-state index is 13.3. The monoisotopic (exact) mass is 393 g/mol. The minimum atomic E-state index is -0.0227. The quantitative estimate of drug-likeness (QED) is 0.821. The Morgan fingerprint density at radius 3 is 2.17 bits per heavy atom. The van der Waals surface area contributed by atoms with Crippen molar-refractivity contribution in [3.8, 4) is 0 Å². The Morgan fingerprint density at radius 2 is 1.55 bits per heavy atom. The number of hydrogen-bond donors (Lipinski definition) is 1. The number of nitrogens with zero attached hydrogens (tertiary/aromatic N) is 2. The molecule has 154 valence electrons. The van der Waals surface area contributed by atoms with Gasteiger partial charge in [-0.05, 0) is 38.5 Å². The van der Waals surface area contributed by atoms with E-state index in [1.54, 1.807) is 4.90 Å². The molecule has 1 heterocycles. The maximum absolute atomic E-state index is 13.3. The van der Waals surface area contributed by atoms with Crippen molar-refractivity contribution in [2.45, 2.75) is 33.7 Å². The topological polar surface area (TPSA) is 52.7 Å². The maximum Gasteiger partial charge on any atom is 0.254 e. The largest absolute Gasteiger partial charge is 0.340 e. The van der Waals surface area contributed by atoms with E-state index in [4.69, 9.17) is 0 Å². The van der Waals surface area contributed by atoms with Crippen LogP contribution in [0.1, 0.15) is 39.0 Å². The summed E-state index contributed by atoms with van der Waals surface area (Å²) in [5.41, 5.74) is 5.09. The molecule has 0 saturated carbocycles. The second-order valence-corrected chi connectivity index (χ2v) is 7.97. The molecule has 0 unspecified atom stereocenters. The number of amides is 2. The predicted octanol–water partition coefficient (Wildman–Crippen LogP) is 3.08. The highest BCUT2D eigenvalue weighted by Gasteiger charge is 2.21. The van der Waals surface area contributed by atoms with Crippen LogP contribution < -0.4 is 5.32 Å². The van der Waals surface area contributed by atoms with E-state index in [9.17, 15) is 9.59 Å². The molecular weight excluding hydrogens is 362 g/mol. The van der Waals surface area contributed by atoms with Crippen molar-refractivity contribution < 1.29 is 9.59 Å². The van der Waals surface area contributed by atoms with Crippen LogP contribution in [-0.2, 0) is 11.3 Å². The third-order valence-corrected chi connectivity index (χ3v) is 5.32. The van der Waals surface area contributed by atoms with Gasteiger partial charge in [0.25, 0.3) is 5.91 Å². The van der Waals surface area contributed by atoms with Gasteiger partial charge in [0.1, 0.15) is 0 Å². The van der Waals surface area contributed by atoms with Gasteiger partial charge in [0.2, 0.25) is 5.91 Å². The van der Waals surface area contributed by atoms with Gasteiger partial charge in [-0.3, -0.25) is 9.59 Å². The smallest absolute Gasteiger partial charge is 0.254 e. The fourth-order valence-electron chi connectivity index (χ4n) is 3.75. The second kappa shape index (κ2) is 9.70. The first-order valence-electron chi connectivity index (χ1n) is 10.3. The minimum Gasteiger partial charge on any atom is -0.340 e. The van der Waals surface area contributed by atoms with Crippen LogP contribution in [0.25, 0.3) is 0 Å². The molecule has 3 rings (SSSR count). The highest BCUT2D eigenvalue weighted by molar-refractivity contribution is 5.95. The number of rotatable bonds is 6. The molecule has 1 aliphatic rings. The van der Waals surface area contributed by atoms with Crippen molar-refractivity contribution in [1.29, 1.82) is 0 Å². The zero-order chi connectivity index (χ0) is 20.8. The van der Waals surface area contributed by atoms with Crippen molar-refractivity contribution in [3.63, 3.8) is 0 Å². The average molecular weight is 394 g/mol. The van der Waals surface area contributed by atoms with Crippen molar-refractivity contribution >= 4 is 11.8 Å². The van der Waals surface area contributed by atoms with Gasteiger partial charge in [-0.15, -0.1) is 0 Å². The molecule has 0 aromatic heterocycles. The van der Waals surface area contributed by atoms with E-state index in [0.717, 1.165) is 42.9 Å². The molecule has 0 aliphatic carbocycles. The highest BCUT2D eigenvalue weighted by Crippen LogP contribution is 2.15. The van der Waals surface area contributed by atoms with Crippen LogP contribution in [0.2, 0.25) is 0 Å². The van der Waals surface area contributed by atoms with E-state index in [2.05, 4.69) is 35.6 Å². The third-order valence-electron chi connectivity index (χ3n) is 5.32. The van der Waals surface area contributed by atoms with Gasteiger partial charge in [-0.1, -0.05) is 47.0 Å². The summed E-state index contributed by atoms with van der Waals surface area (Å²) in [6.07, 6.45) is 0.350. The Hall–Kier alpha value is -2.66. The Labute approximate surface area is 173 Å². The average Bonchev–Trinajstić information content (AvgIpc) is 2.71. The van der Waals surface area contributed by atoms with Crippen LogP contribution in [0, 0.1) is 20.8 Å². The zero-order valence-corrected chi connectivity index (χ0v) is 17.7. The molecule has 2 aromatic carbocycles. The van der Waals surface area contributed by atoms with Crippen LogP contribution in [0.15, 0.2) is 42.5 Å². The molecule has 1 aliphatic heterocycles. The predicted molar refractivity (Wildman–Crippen MR) is 116 cm³/mol. The molecule has 5 nitrogen and oxygen atoms in total. The van der Waals surface area contributed by atoms with Gasteiger partial charge >= 0.3 is 0 Å². The lowest BCUT2D eigenvalue weighted by atomic mass is 10.1. The summed E-state index contributed by atoms with van der Waals surface area (Å²) in [5, 5.41) is 3.26. The van der Waals surface area contributed by atoms with E-state index >= 15 is 0 Å². The second-order valence-electron chi connectivity index (χ2n) is 7.97. The summed E-state index contributed by atoms with van der Waals surface area (Å²) in [7, 11) is 0. The van der Waals surface area contributed by atoms with E-state index in [1.165, 1.54) is 5.56 Å². The fourth-order valence-corrected chi connectivity index (χ4v) is 3.75. The van der Waals surface area contributed by atoms with Crippen LogP contribution in [0.3, 0.4) is 0 Å². The Kier molecular flexibility index (Phi) is 7.04. The van der Waals surface area contributed by atoms with E-state index in [1.807, 2.05) is 37.8 Å². The van der Waals surface area contributed by atoms with Gasteiger partial charge in [0, 0.05) is 51.3 Å². The standard InChI is InChI=1S/C24H31N3O2/c1-18-4-6-21(7-5-18)17-27(11-8-23(28)26-12-9-25-10-13-26)24(29)22-15-19(2)14-20(3)16-22/h4-7,14-16,25H,8-13,17H2,1-3H3. The van der Waals surface area contributed by atoms with Gasteiger partial charge in [-0.2, -0.15) is 0 Å². The molecule has 0 spiro atoms. The summed E-state index contributed by atoms with van der Waals surface area (Å²) < 4.78 is 0. The molecule has 0 atom stereocenters. The lowest BCUT2D eigenvalue weighted by molar-refractivity contribution is -0.132. The number of nitrogens with one attached hydrogen (secondary N) is 1. The molecule has 1 fully saturated rings. The molecule has 2 amide bonds. The Bertz CT molecular complexity index is 835. The summed E-state index contributed by atoms with van der Waals surface area (Å²) in [4.78, 5) is 29.6. The first kappa shape index (κ1) is 21.1. The first-order chi connectivity index (χ1) is 13.9. The van der Waals surface area contributed by atoms with Crippen molar-refractivity contribution in [1.82, 2.24) is 15.1 Å². The summed E-state index contributed by atoms with van der Waals surface area (Å²) >= 11 is 0. The molecule has 5 heteroatoms. The number of aryl methyl sites for hydroxylation is 3. The molecule has 29 heavy (non-hydrogen) atoms. The van der Waals surface area contributed by atoms with Crippen molar-refractivity contribution in [3.05, 3.63) is 70.3 Å². The van der Waals surface area contributed by atoms with Crippen molar-refractivity contribution in [2.75, 3.05) is 32.7 Å². The van der Waals surface area contributed by atoms with E-state index in [0.29, 0.717) is 25.1 Å². The Balaban J connectivity index is 1.75. The van der Waals surface area contributed by atoms with E-state index in [-0.39, 0.29) is 11.8 Å². The van der Waals surface area contributed by atoms with Gasteiger partial charge < -0.3 is 15.1 Å². The van der Waals surface area contributed by atoms with Crippen LogP contribution >= 0.6 is 0 Å². The molecule has 1 saturated heterocycles. The van der Waals surface area contributed by atoms with Gasteiger partial charge in [0.05, 0.1) is 0 Å². The number of hydrogen-bond acceptors (Lipinski definition) is 3. The van der Waals surface area contributed by atoms with Gasteiger partial charge in [0.15, 0.2) is 0 Å². The third kappa shape index (κ3) is 5.91. The SMILES string of the molecule is Cc1ccc(CN(CCC(=O)N2CCNCC2)C(=O)c2cc(C)cc(C)c2)cc1. The minimum absolute atomic E-state index is 0.0227. The highest BCUT2D eigenvalue weighted by atomic mass is 16.2. The molecule has 1 N–H and O–H groups in total. The van der Waals surface area contributed by atoms with E-state index < -0.39 is 0 Å². The summed E-state index contributed by atoms with van der Waals surface area (Å²) in [6.45, 7) is 10.1. The molecule has 2 aromatic rings. The Morgan fingerprint density at radius 1 is 0.931 bits per heavy atom. The number of carbonyl (C=O) groups is 2. The first-order valence-corrected chi connectivity index (χ1v) is 10.3. The lowest BCUT2D eigenvalue weighted by Crippen LogP contribution is -2.47. The summed E-state index contributed by atoms with van der Waals surface area (Å²) in [6, 6.07) is 14.1. The fraction of sp³-hybridized carbons (Fsp3) is 0.417. The number of carbonyl (C=O) groups excluding carboxylic acids is 2.